The monoisotopic (exact) mass is 522 g/mol. The van der Waals surface area contributed by atoms with Crippen LogP contribution >= 0.6 is 11.6 Å². The van der Waals surface area contributed by atoms with E-state index in [9.17, 15) is 14.7 Å². The van der Waals surface area contributed by atoms with Crippen molar-refractivity contribution < 1.29 is 14.7 Å². The zero-order valence-corrected chi connectivity index (χ0v) is 22.0. The molecular formula is C29H35ClN4O3. The first-order valence-corrected chi connectivity index (χ1v) is 13.5. The normalized spacial score (nSPS) is 21.8. The molecule has 3 N–H and O–H groups in total. The minimum atomic E-state index is -0.194. The van der Waals surface area contributed by atoms with Crippen molar-refractivity contribution in [2.75, 3.05) is 39.8 Å². The van der Waals surface area contributed by atoms with Crippen molar-refractivity contribution in [1.29, 1.82) is 0 Å². The zero-order valence-electron chi connectivity index (χ0n) is 21.3. The summed E-state index contributed by atoms with van der Waals surface area (Å²) in [6, 6.07) is 13.0. The quantitative estimate of drug-likeness (QED) is 0.392. The molecule has 2 aliphatic rings. The highest BCUT2D eigenvalue weighted by atomic mass is 35.5. The third-order valence-corrected chi connectivity index (χ3v) is 8.16. The molecule has 3 heterocycles. The lowest BCUT2D eigenvalue weighted by molar-refractivity contribution is -0.138. The van der Waals surface area contributed by atoms with Crippen LogP contribution in [0.4, 0.5) is 0 Å². The van der Waals surface area contributed by atoms with Crippen LogP contribution in [-0.4, -0.2) is 71.5 Å². The maximum atomic E-state index is 13.4. The number of aromatic nitrogens is 1. The van der Waals surface area contributed by atoms with Gasteiger partial charge in [0, 0.05) is 54.8 Å². The fourth-order valence-corrected chi connectivity index (χ4v) is 6.24. The Morgan fingerprint density at radius 1 is 1.11 bits per heavy atom. The molecule has 2 saturated heterocycles. The number of amides is 2. The molecule has 8 heteroatoms. The van der Waals surface area contributed by atoms with E-state index in [1.807, 2.05) is 41.4 Å². The second-order valence-electron chi connectivity index (χ2n) is 10.6. The van der Waals surface area contributed by atoms with Crippen LogP contribution in [0.3, 0.4) is 0 Å². The number of aryl methyl sites for hydroxylation is 1. The van der Waals surface area contributed by atoms with E-state index in [-0.39, 0.29) is 29.4 Å². The number of H-pyrrole nitrogens is 1. The van der Waals surface area contributed by atoms with E-state index in [1.165, 1.54) is 0 Å². The summed E-state index contributed by atoms with van der Waals surface area (Å²) in [5.74, 6) is 0.796. The average molecular weight is 523 g/mol. The molecule has 2 amide bonds. The third kappa shape index (κ3) is 5.94. The molecule has 37 heavy (non-hydrogen) atoms. The van der Waals surface area contributed by atoms with Crippen LogP contribution in [0, 0.1) is 17.8 Å². The number of fused-ring (bicyclic) bond motifs is 2. The van der Waals surface area contributed by atoms with Crippen molar-refractivity contribution in [3.05, 3.63) is 64.8 Å². The van der Waals surface area contributed by atoms with Crippen LogP contribution in [0.25, 0.3) is 10.9 Å². The maximum Gasteiger partial charge on any atom is 0.227 e. The molecule has 0 saturated carbocycles. The lowest BCUT2D eigenvalue weighted by Crippen LogP contribution is -2.53. The molecule has 3 aromatic rings. The van der Waals surface area contributed by atoms with Gasteiger partial charge in [0.1, 0.15) is 5.75 Å². The van der Waals surface area contributed by atoms with E-state index in [4.69, 9.17) is 11.6 Å². The Hall–Kier alpha value is -3.03. The van der Waals surface area contributed by atoms with Crippen molar-refractivity contribution in [1.82, 2.24) is 20.1 Å². The zero-order chi connectivity index (χ0) is 25.9. The molecule has 7 nitrogen and oxygen atoms in total. The van der Waals surface area contributed by atoms with Gasteiger partial charge in [-0.25, -0.2) is 0 Å². The molecule has 0 aliphatic carbocycles. The molecule has 0 radical (unpaired) electrons. The fourth-order valence-electron chi connectivity index (χ4n) is 6.07. The fraction of sp³-hybridized carbons (Fsp3) is 0.448. The minimum Gasteiger partial charge on any atom is -0.508 e. The number of unbranched alkanes of at least 4 members (excludes halogenated alkanes) is 1. The van der Waals surface area contributed by atoms with Gasteiger partial charge in [0.15, 0.2) is 0 Å². The van der Waals surface area contributed by atoms with Crippen LogP contribution in [0.15, 0.2) is 48.7 Å². The smallest absolute Gasteiger partial charge is 0.227 e. The molecule has 5 rings (SSSR count). The number of likely N-dealkylation sites (tertiary alicyclic amines) is 2. The highest BCUT2D eigenvalue weighted by Gasteiger charge is 2.45. The van der Waals surface area contributed by atoms with E-state index in [0.717, 1.165) is 54.4 Å². The summed E-state index contributed by atoms with van der Waals surface area (Å²) in [6.45, 7) is 3.60. The molecular weight excluding hydrogens is 488 g/mol. The second kappa shape index (κ2) is 11.2. The summed E-state index contributed by atoms with van der Waals surface area (Å²) >= 11 is 6.11. The van der Waals surface area contributed by atoms with Crippen molar-refractivity contribution >= 4 is 34.3 Å². The Kier molecular flexibility index (Phi) is 7.72. The predicted molar refractivity (Wildman–Crippen MR) is 146 cm³/mol. The molecule has 3 atom stereocenters. The van der Waals surface area contributed by atoms with Gasteiger partial charge in [0.25, 0.3) is 0 Å². The number of aromatic hydroxyl groups is 1. The summed E-state index contributed by atoms with van der Waals surface area (Å²) in [5.41, 5.74) is 2.98. The van der Waals surface area contributed by atoms with Crippen LogP contribution in [0.2, 0.25) is 5.02 Å². The number of halogens is 1. The number of nitrogens with one attached hydrogen (secondary N) is 2. The van der Waals surface area contributed by atoms with E-state index >= 15 is 0 Å². The molecule has 2 fully saturated rings. The Balaban J connectivity index is 1.18. The number of hydrogen-bond donors (Lipinski definition) is 3. The van der Waals surface area contributed by atoms with Crippen LogP contribution < -0.4 is 5.32 Å². The van der Waals surface area contributed by atoms with Gasteiger partial charge in [-0.05, 0) is 73.5 Å². The number of aromatic amines is 1. The van der Waals surface area contributed by atoms with Gasteiger partial charge in [-0.15, -0.1) is 0 Å². The van der Waals surface area contributed by atoms with Crippen molar-refractivity contribution in [3.8, 4) is 5.75 Å². The van der Waals surface area contributed by atoms with Gasteiger partial charge >= 0.3 is 0 Å². The summed E-state index contributed by atoms with van der Waals surface area (Å²) < 4.78 is 0. The van der Waals surface area contributed by atoms with Crippen molar-refractivity contribution in [2.24, 2.45) is 17.8 Å². The van der Waals surface area contributed by atoms with Crippen molar-refractivity contribution in [2.45, 2.75) is 25.7 Å². The van der Waals surface area contributed by atoms with E-state index in [2.05, 4.69) is 22.2 Å². The highest BCUT2D eigenvalue weighted by molar-refractivity contribution is 6.31. The number of carbonyl (C=O) groups is 2. The number of benzene rings is 2. The second-order valence-corrected chi connectivity index (χ2v) is 11.1. The summed E-state index contributed by atoms with van der Waals surface area (Å²) in [5, 5.41) is 14.4. The largest absolute Gasteiger partial charge is 0.508 e. The van der Waals surface area contributed by atoms with Crippen LogP contribution in [-0.2, 0) is 22.4 Å². The number of hydrogen-bond acceptors (Lipinski definition) is 4. The Bertz CT molecular complexity index is 1280. The molecule has 3 unspecified atom stereocenters. The van der Waals surface area contributed by atoms with E-state index in [0.29, 0.717) is 37.0 Å². The van der Waals surface area contributed by atoms with Gasteiger partial charge in [0.05, 0.1) is 12.3 Å². The van der Waals surface area contributed by atoms with Gasteiger partial charge in [-0.3, -0.25) is 9.59 Å². The van der Waals surface area contributed by atoms with Crippen LogP contribution in [0.1, 0.15) is 24.0 Å². The summed E-state index contributed by atoms with van der Waals surface area (Å²) in [4.78, 5) is 34.1. The Morgan fingerprint density at radius 3 is 2.81 bits per heavy atom. The molecule has 0 bridgehead atoms. The van der Waals surface area contributed by atoms with Gasteiger partial charge < -0.3 is 25.2 Å². The lowest BCUT2D eigenvalue weighted by Gasteiger charge is -2.39. The summed E-state index contributed by atoms with van der Waals surface area (Å²) in [6.07, 6.45) is 4.86. The minimum absolute atomic E-state index is 0.0573. The van der Waals surface area contributed by atoms with Crippen LogP contribution in [0.5, 0.6) is 5.75 Å². The average Bonchev–Trinajstić information content (AvgIpc) is 3.44. The highest BCUT2D eigenvalue weighted by Crippen LogP contribution is 2.35. The first kappa shape index (κ1) is 25.6. The SMILES string of the molecule is CN1CC2CN(C(=O)Cc3c[nH]c4cc(Cl)ccc34)CC(C(=O)NCCCCc3cccc(O)c3)C2C1. The third-order valence-electron chi connectivity index (χ3n) is 7.93. The van der Waals surface area contributed by atoms with E-state index < -0.39 is 0 Å². The number of carbonyl (C=O) groups excluding carboxylic acids is 2. The van der Waals surface area contributed by atoms with Gasteiger partial charge in [-0.2, -0.15) is 0 Å². The molecule has 2 aromatic carbocycles. The molecule has 2 aliphatic heterocycles. The van der Waals surface area contributed by atoms with Gasteiger partial charge in [0.2, 0.25) is 11.8 Å². The number of nitrogens with zero attached hydrogens (tertiary/aromatic N) is 2. The maximum absolute atomic E-state index is 13.4. The number of phenols is 1. The number of phenolic OH excluding ortho intramolecular Hbond substituents is 1. The van der Waals surface area contributed by atoms with Gasteiger partial charge in [-0.1, -0.05) is 29.8 Å². The lowest BCUT2D eigenvalue weighted by atomic mass is 9.79. The summed E-state index contributed by atoms with van der Waals surface area (Å²) in [7, 11) is 2.10. The first-order valence-electron chi connectivity index (χ1n) is 13.1. The number of rotatable bonds is 8. The molecule has 196 valence electrons. The van der Waals surface area contributed by atoms with E-state index in [1.54, 1.807) is 12.1 Å². The van der Waals surface area contributed by atoms with Crippen molar-refractivity contribution in [3.63, 3.8) is 0 Å². The Labute approximate surface area is 222 Å². The first-order chi connectivity index (χ1) is 17.9. The topological polar surface area (TPSA) is 88.7 Å². The Morgan fingerprint density at radius 2 is 1.97 bits per heavy atom. The standard InChI is InChI=1S/C29H35ClN4O3/c1-33-15-21-16-34(28(36)12-20-14-32-27-13-22(30)8-9-24(20)27)18-26(25(21)17-33)29(37)31-10-3-2-5-19-6-4-7-23(35)11-19/h4,6-9,11,13-14,21,25-26,32,35H,2-3,5,10,12,15-18H2,1H3,(H,31,37). The molecule has 0 spiro atoms. The number of piperidine rings is 1. The molecule has 1 aromatic heterocycles. The predicted octanol–water partition coefficient (Wildman–Crippen LogP) is 3.84.